The van der Waals surface area contributed by atoms with Crippen molar-refractivity contribution in [1.82, 2.24) is 19.5 Å². The van der Waals surface area contributed by atoms with Gasteiger partial charge in [0.15, 0.2) is 0 Å². The number of nitrogens with one attached hydrogen (secondary N) is 1. The number of aromatic amines is 1. The molecule has 5 rings (SSSR count). The number of aromatic nitrogens is 4. The highest BCUT2D eigenvalue weighted by Crippen LogP contribution is 2.27. The molecular weight excluding hydrogens is 320 g/mol. The summed E-state index contributed by atoms with van der Waals surface area (Å²) < 4.78 is 2.18. The van der Waals surface area contributed by atoms with Crippen LogP contribution >= 0.6 is 0 Å². The van der Waals surface area contributed by atoms with E-state index in [0.717, 1.165) is 45.0 Å². The van der Waals surface area contributed by atoms with Gasteiger partial charge < -0.3 is 4.98 Å². The maximum atomic E-state index is 4.76. The molecule has 0 saturated carbocycles. The van der Waals surface area contributed by atoms with Crippen molar-refractivity contribution in [1.29, 1.82) is 0 Å². The summed E-state index contributed by atoms with van der Waals surface area (Å²) in [6.07, 6.45) is 0. The summed E-state index contributed by atoms with van der Waals surface area (Å²) in [6.45, 7) is 4.13. The molecule has 2 heterocycles. The van der Waals surface area contributed by atoms with Gasteiger partial charge in [-0.3, -0.25) is 4.57 Å². The molecular formula is C22H18N4. The topological polar surface area (TPSA) is 46.5 Å². The highest BCUT2D eigenvalue weighted by Gasteiger charge is 2.12. The molecule has 0 aliphatic heterocycles. The monoisotopic (exact) mass is 338 g/mol. The zero-order valence-electron chi connectivity index (χ0n) is 14.7. The van der Waals surface area contributed by atoms with E-state index in [-0.39, 0.29) is 0 Å². The smallest absolute Gasteiger partial charge is 0.138 e. The van der Waals surface area contributed by atoms with E-state index in [2.05, 4.69) is 65.0 Å². The van der Waals surface area contributed by atoms with E-state index in [1.807, 2.05) is 25.1 Å². The second kappa shape index (κ2) is 5.56. The van der Waals surface area contributed by atoms with E-state index in [1.165, 1.54) is 5.56 Å². The Bertz CT molecular complexity index is 1250. The van der Waals surface area contributed by atoms with Crippen LogP contribution in [0.5, 0.6) is 0 Å². The number of aryl methyl sites for hydroxylation is 2. The fourth-order valence-electron chi connectivity index (χ4n) is 3.51. The van der Waals surface area contributed by atoms with Gasteiger partial charge in [-0.15, -0.1) is 0 Å². The van der Waals surface area contributed by atoms with Crippen LogP contribution in [0.15, 0.2) is 66.7 Å². The van der Waals surface area contributed by atoms with E-state index in [0.29, 0.717) is 0 Å². The van der Waals surface area contributed by atoms with Gasteiger partial charge in [0.2, 0.25) is 0 Å². The van der Waals surface area contributed by atoms with Gasteiger partial charge in [-0.2, -0.15) is 0 Å². The van der Waals surface area contributed by atoms with Crippen molar-refractivity contribution in [3.63, 3.8) is 0 Å². The Labute approximate surface area is 151 Å². The van der Waals surface area contributed by atoms with Crippen molar-refractivity contribution >= 4 is 22.1 Å². The lowest BCUT2D eigenvalue weighted by Crippen LogP contribution is -1.95. The Morgan fingerprint density at radius 3 is 2.50 bits per heavy atom. The second-order valence-corrected chi connectivity index (χ2v) is 6.64. The van der Waals surface area contributed by atoms with E-state index in [4.69, 9.17) is 9.97 Å². The molecule has 126 valence electrons. The fraction of sp³-hybridized carbons (Fsp3) is 0.0909. The Morgan fingerprint density at radius 2 is 1.65 bits per heavy atom. The van der Waals surface area contributed by atoms with Crippen molar-refractivity contribution in [2.24, 2.45) is 0 Å². The van der Waals surface area contributed by atoms with Crippen LogP contribution < -0.4 is 0 Å². The number of para-hydroxylation sites is 1. The predicted molar refractivity (Wildman–Crippen MR) is 106 cm³/mol. The highest BCUT2D eigenvalue weighted by molar-refractivity contribution is 5.85. The lowest BCUT2D eigenvalue weighted by atomic mass is 10.2. The summed E-state index contributed by atoms with van der Waals surface area (Å²) in [5.74, 6) is 1.85. The summed E-state index contributed by atoms with van der Waals surface area (Å²) in [5.41, 5.74) is 7.51. The Kier molecular flexibility index (Phi) is 3.19. The van der Waals surface area contributed by atoms with Crippen molar-refractivity contribution in [3.8, 4) is 17.1 Å². The maximum Gasteiger partial charge on any atom is 0.138 e. The third kappa shape index (κ3) is 2.30. The molecule has 26 heavy (non-hydrogen) atoms. The molecule has 0 bridgehead atoms. The number of benzene rings is 3. The molecule has 0 saturated heterocycles. The van der Waals surface area contributed by atoms with Gasteiger partial charge in [0.05, 0.1) is 22.1 Å². The van der Waals surface area contributed by atoms with Gasteiger partial charge >= 0.3 is 0 Å². The summed E-state index contributed by atoms with van der Waals surface area (Å²) in [5, 5.41) is 0. The van der Waals surface area contributed by atoms with E-state index in [9.17, 15) is 0 Å². The summed E-state index contributed by atoms with van der Waals surface area (Å²) >= 11 is 0. The van der Waals surface area contributed by atoms with Gasteiger partial charge in [0, 0.05) is 11.3 Å². The molecule has 0 atom stereocenters. The van der Waals surface area contributed by atoms with Gasteiger partial charge in [-0.05, 0) is 61.9 Å². The van der Waals surface area contributed by atoms with E-state index >= 15 is 0 Å². The minimum atomic E-state index is 0.874. The zero-order valence-corrected chi connectivity index (χ0v) is 14.7. The summed E-state index contributed by atoms with van der Waals surface area (Å²) in [4.78, 5) is 12.9. The van der Waals surface area contributed by atoms with Gasteiger partial charge in [-0.1, -0.05) is 24.3 Å². The summed E-state index contributed by atoms with van der Waals surface area (Å²) in [6, 6.07) is 22.9. The molecule has 4 heteroatoms. The fourth-order valence-corrected chi connectivity index (χ4v) is 3.51. The number of nitrogens with zero attached hydrogens (tertiary/aromatic N) is 3. The Balaban J connectivity index is 1.66. The van der Waals surface area contributed by atoms with Crippen molar-refractivity contribution in [3.05, 3.63) is 78.1 Å². The number of rotatable bonds is 2. The quantitative estimate of drug-likeness (QED) is 0.482. The standard InChI is InChI=1S/C22H18N4/c1-14-8-10-18-19(12-14)25-22(24-18)16-9-11-21-20(13-16)23-15(2)26(21)17-6-4-3-5-7-17/h3-13H,1-2H3,(H,24,25). The normalized spacial score (nSPS) is 11.5. The average molecular weight is 338 g/mol. The first-order chi connectivity index (χ1) is 12.7. The number of hydrogen-bond acceptors (Lipinski definition) is 2. The van der Waals surface area contributed by atoms with Crippen LogP contribution in [0.2, 0.25) is 0 Å². The first-order valence-electron chi connectivity index (χ1n) is 8.70. The zero-order chi connectivity index (χ0) is 17.7. The third-order valence-electron chi connectivity index (χ3n) is 4.75. The molecule has 0 unspecified atom stereocenters. The third-order valence-corrected chi connectivity index (χ3v) is 4.75. The van der Waals surface area contributed by atoms with Gasteiger partial charge in [0.1, 0.15) is 11.6 Å². The van der Waals surface area contributed by atoms with Crippen molar-refractivity contribution in [2.45, 2.75) is 13.8 Å². The molecule has 0 spiro atoms. The van der Waals surface area contributed by atoms with Crippen LogP contribution in [-0.2, 0) is 0 Å². The lowest BCUT2D eigenvalue weighted by Gasteiger charge is -2.06. The van der Waals surface area contributed by atoms with Crippen LogP contribution in [0.3, 0.4) is 0 Å². The van der Waals surface area contributed by atoms with Crippen molar-refractivity contribution in [2.75, 3.05) is 0 Å². The summed E-state index contributed by atoms with van der Waals surface area (Å²) in [7, 11) is 0. The predicted octanol–water partition coefficient (Wildman–Crippen LogP) is 5.19. The van der Waals surface area contributed by atoms with Gasteiger partial charge in [0.25, 0.3) is 0 Å². The van der Waals surface area contributed by atoms with Crippen molar-refractivity contribution < 1.29 is 0 Å². The van der Waals surface area contributed by atoms with E-state index in [1.54, 1.807) is 0 Å². The molecule has 1 N–H and O–H groups in total. The van der Waals surface area contributed by atoms with Crippen LogP contribution in [0.1, 0.15) is 11.4 Å². The van der Waals surface area contributed by atoms with Crippen LogP contribution in [0.25, 0.3) is 39.1 Å². The Morgan fingerprint density at radius 1 is 0.808 bits per heavy atom. The molecule has 3 aromatic carbocycles. The van der Waals surface area contributed by atoms with Crippen LogP contribution in [0.4, 0.5) is 0 Å². The first-order valence-corrected chi connectivity index (χ1v) is 8.70. The molecule has 5 aromatic rings. The average Bonchev–Trinajstić information content (AvgIpc) is 3.21. The number of H-pyrrole nitrogens is 1. The largest absolute Gasteiger partial charge is 0.338 e. The minimum absolute atomic E-state index is 0.874. The maximum absolute atomic E-state index is 4.76. The molecule has 0 amide bonds. The number of hydrogen-bond donors (Lipinski definition) is 1. The molecule has 0 radical (unpaired) electrons. The molecule has 2 aromatic heterocycles. The number of imidazole rings is 2. The molecule has 0 aliphatic rings. The number of fused-ring (bicyclic) bond motifs is 2. The lowest BCUT2D eigenvalue weighted by molar-refractivity contribution is 1.00. The van der Waals surface area contributed by atoms with Crippen LogP contribution in [0, 0.1) is 13.8 Å². The van der Waals surface area contributed by atoms with Gasteiger partial charge in [-0.25, -0.2) is 9.97 Å². The second-order valence-electron chi connectivity index (χ2n) is 6.64. The molecule has 0 fully saturated rings. The first kappa shape index (κ1) is 14.9. The Hall–Kier alpha value is -3.40. The molecule has 4 nitrogen and oxygen atoms in total. The molecule has 0 aliphatic carbocycles. The van der Waals surface area contributed by atoms with E-state index < -0.39 is 0 Å². The minimum Gasteiger partial charge on any atom is -0.338 e. The SMILES string of the molecule is Cc1ccc2nc(-c3ccc4c(c3)nc(C)n4-c3ccccc3)[nH]c2c1. The van der Waals surface area contributed by atoms with Crippen LogP contribution in [-0.4, -0.2) is 19.5 Å². The highest BCUT2D eigenvalue weighted by atomic mass is 15.1.